The number of ether oxygens (including phenoxy) is 3. The number of aldehydes is 1. The molecule has 0 aromatic heterocycles. The molecule has 0 bridgehead atoms. The van der Waals surface area contributed by atoms with E-state index < -0.39 is 5.97 Å². The van der Waals surface area contributed by atoms with Crippen LogP contribution in [0.5, 0.6) is 17.2 Å². The van der Waals surface area contributed by atoms with Crippen LogP contribution < -0.4 is 14.2 Å². The van der Waals surface area contributed by atoms with Gasteiger partial charge < -0.3 is 14.2 Å². The number of para-hydroxylation sites is 1. The molecule has 0 unspecified atom stereocenters. The number of carbonyl (C=O) groups is 2. The van der Waals surface area contributed by atoms with Crippen molar-refractivity contribution in [2.45, 2.75) is 0 Å². The van der Waals surface area contributed by atoms with Crippen LogP contribution in [0.15, 0.2) is 72.8 Å². The van der Waals surface area contributed by atoms with Crippen molar-refractivity contribution in [1.29, 1.82) is 0 Å². The Balaban J connectivity index is 1.62. The predicted molar refractivity (Wildman–Crippen MR) is 101 cm³/mol. The minimum absolute atomic E-state index is 0.0861. The highest BCUT2D eigenvalue weighted by Crippen LogP contribution is 2.30. The van der Waals surface area contributed by atoms with Crippen LogP contribution in [0, 0.1) is 0 Å². The monoisotopic (exact) mass is 362 g/mol. The first kappa shape index (κ1) is 18.2. The second-order valence-electron chi connectivity index (χ2n) is 5.65. The fraction of sp³-hybridized carbons (Fsp3) is 0.0909. The maximum absolute atomic E-state index is 12.1. The molecule has 0 amide bonds. The summed E-state index contributed by atoms with van der Waals surface area (Å²) in [6.07, 6.45) is 0.605. The van der Waals surface area contributed by atoms with Gasteiger partial charge in [-0.05, 0) is 35.4 Å². The van der Waals surface area contributed by atoms with Crippen molar-refractivity contribution in [1.82, 2.24) is 0 Å². The Hall–Kier alpha value is -3.60. The van der Waals surface area contributed by atoms with Crippen LogP contribution in [0.3, 0.4) is 0 Å². The first-order valence-electron chi connectivity index (χ1n) is 8.32. The van der Waals surface area contributed by atoms with Crippen LogP contribution in [0.25, 0.3) is 11.1 Å². The molecular formula is C22H18O5. The van der Waals surface area contributed by atoms with E-state index in [1.165, 1.54) is 7.11 Å². The molecule has 0 fully saturated rings. The minimum Gasteiger partial charge on any atom is -0.493 e. The van der Waals surface area contributed by atoms with Crippen molar-refractivity contribution < 1.29 is 23.8 Å². The lowest BCUT2D eigenvalue weighted by molar-refractivity contribution is -0.136. The highest BCUT2D eigenvalue weighted by molar-refractivity contribution is 5.84. The number of esters is 1. The van der Waals surface area contributed by atoms with E-state index in [1.807, 2.05) is 42.5 Å². The molecule has 3 rings (SSSR count). The molecule has 0 aliphatic carbocycles. The number of methoxy groups -OCH3 is 1. The Labute approximate surface area is 157 Å². The van der Waals surface area contributed by atoms with Crippen LogP contribution in [0.4, 0.5) is 0 Å². The molecule has 5 nitrogen and oxygen atoms in total. The maximum atomic E-state index is 12.1. The summed E-state index contributed by atoms with van der Waals surface area (Å²) >= 11 is 0. The Morgan fingerprint density at radius 1 is 0.889 bits per heavy atom. The quantitative estimate of drug-likeness (QED) is 0.359. The van der Waals surface area contributed by atoms with E-state index >= 15 is 0 Å². The Bertz CT molecular complexity index is 917. The van der Waals surface area contributed by atoms with Gasteiger partial charge in [-0.1, -0.05) is 48.5 Å². The SMILES string of the molecule is COc1cccc(C=O)c1OC(=O)COc1ccc(-c2ccccc2)cc1. The van der Waals surface area contributed by atoms with Crippen molar-refractivity contribution in [2.75, 3.05) is 13.7 Å². The third-order valence-electron chi connectivity index (χ3n) is 3.89. The third-order valence-corrected chi connectivity index (χ3v) is 3.89. The van der Waals surface area contributed by atoms with Gasteiger partial charge in [0.2, 0.25) is 0 Å². The van der Waals surface area contributed by atoms with Crippen LogP contribution in [-0.4, -0.2) is 26.0 Å². The molecule has 5 heteroatoms. The summed E-state index contributed by atoms with van der Waals surface area (Å²) in [7, 11) is 1.44. The van der Waals surface area contributed by atoms with E-state index in [2.05, 4.69) is 0 Å². The summed E-state index contributed by atoms with van der Waals surface area (Å²) in [5, 5.41) is 0. The molecule has 0 aliphatic heterocycles. The number of rotatable bonds is 7. The molecule has 0 spiro atoms. The van der Waals surface area contributed by atoms with Crippen molar-refractivity contribution >= 4 is 12.3 Å². The van der Waals surface area contributed by atoms with E-state index in [-0.39, 0.29) is 17.9 Å². The van der Waals surface area contributed by atoms with E-state index in [0.717, 1.165) is 11.1 Å². The number of hydrogen-bond acceptors (Lipinski definition) is 5. The molecule has 0 N–H and O–H groups in total. The smallest absolute Gasteiger partial charge is 0.349 e. The van der Waals surface area contributed by atoms with Gasteiger partial charge in [0.05, 0.1) is 12.7 Å². The molecule has 136 valence electrons. The van der Waals surface area contributed by atoms with Gasteiger partial charge in [-0.3, -0.25) is 4.79 Å². The topological polar surface area (TPSA) is 61.8 Å². The standard InChI is InChI=1S/C22H18O5/c1-25-20-9-5-8-18(14-23)22(20)27-21(24)15-26-19-12-10-17(11-13-19)16-6-3-2-4-7-16/h2-14H,15H2,1H3. The van der Waals surface area contributed by atoms with E-state index in [9.17, 15) is 9.59 Å². The molecule has 0 aliphatic rings. The molecule has 0 radical (unpaired) electrons. The summed E-state index contributed by atoms with van der Waals surface area (Å²) in [4.78, 5) is 23.2. The zero-order chi connectivity index (χ0) is 19.1. The van der Waals surface area contributed by atoms with Crippen molar-refractivity contribution in [3.05, 3.63) is 78.4 Å². The van der Waals surface area contributed by atoms with Crippen LogP contribution in [-0.2, 0) is 4.79 Å². The molecule has 0 saturated heterocycles. The van der Waals surface area contributed by atoms with Crippen LogP contribution >= 0.6 is 0 Å². The number of hydrogen-bond donors (Lipinski definition) is 0. The molecule has 0 saturated carbocycles. The molecular weight excluding hydrogens is 344 g/mol. The lowest BCUT2D eigenvalue weighted by Gasteiger charge is -2.11. The lowest BCUT2D eigenvalue weighted by atomic mass is 10.1. The second kappa shape index (κ2) is 8.67. The highest BCUT2D eigenvalue weighted by atomic mass is 16.6. The molecule has 0 atom stereocenters. The summed E-state index contributed by atoms with van der Waals surface area (Å²) in [6.45, 7) is -0.291. The average molecular weight is 362 g/mol. The Kier molecular flexibility index (Phi) is 5.84. The van der Waals surface area contributed by atoms with Gasteiger partial charge in [0.1, 0.15) is 5.75 Å². The number of benzene rings is 3. The summed E-state index contributed by atoms with van der Waals surface area (Å²) in [5.41, 5.74) is 2.38. The molecule has 27 heavy (non-hydrogen) atoms. The van der Waals surface area contributed by atoms with E-state index in [0.29, 0.717) is 17.8 Å². The van der Waals surface area contributed by atoms with Gasteiger partial charge in [-0.25, -0.2) is 4.79 Å². The largest absolute Gasteiger partial charge is 0.493 e. The molecule has 3 aromatic rings. The number of carbonyl (C=O) groups excluding carboxylic acids is 2. The van der Waals surface area contributed by atoms with Gasteiger partial charge in [-0.15, -0.1) is 0 Å². The first-order valence-corrected chi connectivity index (χ1v) is 8.32. The van der Waals surface area contributed by atoms with Crippen LogP contribution in [0.2, 0.25) is 0 Å². The average Bonchev–Trinajstić information content (AvgIpc) is 2.73. The normalized spacial score (nSPS) is 10.1. The maximum Gasteiger partial charge on any atom is 0.349 e. The summed E-state index contributed by atoms with van der Waals surface area (Å²) < 4.78 is 15.9. The second-order valence-corrected chi connectivity index (χ2v) is 5.65. The predicted octanol–water partition coefficient (Wildman–Crippen LogP) is 4.16. The fourth-order valence-corrected chi connectivity index (χ4v) is 2.56. The highest BCUT2D eigenvalue weighted by Gasteiger charge is 2.15. The first-order chi connectivity index (χ1) is 13.2. The van der Waals surface area contributed by atoms with Gasteiger partial charge in [-0.2, -0.15) is 0 Å². The van der Waals surface area contributed by atoms with Crippen molar-refractivity contribution in [2.24, 2.45) is 0 Å². The fourth-order valence-electron chi connectivity index (χ4n) is 2.56. The Morgan fingerprint density at radius 2 is 1.59 bits per heavy atom. The van der Waals surface area contributed by atoms with E-state index in [4.69, 9.17) is 14.2 Å². The van der Waals surface area contributed by atoms with Gasteiger partial charge >= 0.3 is 5.97 Å². The molecule has 3 aromatic carbocycles. The molecule has 0 heterocycles. The summed E-state index contributed by atoms with van der Waals surface area (Å²) in [5.74, 6) is 0.306. The van der Waals surface area contributed by atoms with Gasteiger partial charge in [0.15, 0.2) is 24.4 Å². The van der Waals surface area contributed by atoms with Crippen molar-refractivity contribution in [3.63, 3.8) is 0 Å². The third kappa shape index (κ3) is 4.52. The zero-order valence-electron chi connectivity index (χ0n) is 14.8. The van der Waals surface area contributed by atoms with Crippen molar-refractivity contribution in [3.8, 4) is 28.4 Å². The zero-order valence-corrected chi connectivity index (χ0v) is 14.8. The Morgan fingerprint density at radius 3 is 2.26 bits per heavy atom. The van der Waals surface area contributed by atoms with E-state index in [1.54, 1.807) is 30.3 Å². The van der Waals surface area contributed by atoms with Crippen LogP contribution in [0.1, 0.15) is 10.4 Å². The van der Waals surface area contributed by atoms with Gasteiger partial charge in [0.25, 0.3) is 0 Å². The lowest BCUT2D eigenvalue weighted by Crippen LogP contribution is -2.18. The summed E-state index contributed by atoms with van der Waals surface area (Å²) in [6, 6.07) is 22.2. The minimum atomic E-state index is -0.630. The van der Waals surface area contributed by atoms with Gasteiger partial charge in [0, 0.05) is 0 Å².